The van der Waals surface area contributed by atoms with Crippen molar-refractivity contribution in [3.8, 4) is 34.3 Å². The summed E-state index contributed by atoms with van der Waals surface area (Å²) >= 11 is 0. The molecular weight excluding hydrogens is 506 g/mol. The molecule has 0 bridgehead atoms. The summed E-state index contributed by atoms with van der Waals surface area (Å²) in [7, 11) is 0. The van der Waals surface area contributed by atoms with E-state index in [4.69, 9.17) is 14.7 Å². The maximum Gasteiger partial charge on any atom is 0.417 e. The topological polar surface area (TPSA) is 51.4 Å². The van der Waals surface area contributed by atoms with Crippen molar-refractivity contribution in [2.75, 3.05) is 9.62 Å². The smallest absolute Gasteiger partial charge is 0.417 e. The van der Waals surface area contributed by atoms with Gasteiger partial charge < -0.3 is 23.3 Å². The lowest BCUT2D eigenvalue weighted by molar-refractivity contribution is 0.483. The van der Waals surface area contributed by atoms with Crippen LogP contribution in [-0.2, 0) is 13.1 Å². The second-order valence-corrected chi connectivity index (χ2v) is 11.2. The number of fused-ring (bicyclic) bond motifs is 16. The van der Waals surface area contributed by atoms with Crippen LogP contribution in [0.5, 0.6) is 11.5 Å². The van der Waals surface area contributed by atoms with E-state index in [1.807, 2.05) is 12.4 Å². The first-order valence-electron chi connectivity index (χ1n) is 14.0. The van der Waals surface area contributed by atoms with Gasteiger partial charge in [0.25, 0.3) is 0 Å². The lowest BCUT2D eigenvalue weighted by atomic mass is 9.66. The molecule has 6 heterocycles. The molecule has 192 valence electrons. The summed E-state index contributed by atoms with van der Waals surface area (Å²) < 4.78 is 11.1. The molecular formula is C32H22B2N6O. The number of nitrogens with zero attached hydrogens (tertiary/aromatic N) is 6. The average Bonchev–Trinajstić information content (AvgIpc) is 3.80. The van der Waals surface area contributed by atoms with Crippen molar-refractivity contribution in [1.82, 2.24) is 18.9 Å². The van der Waals surface area contributed by atoms with Gasteiger partial charge in [0.1, 0.15) is 23.1 Å². The number of ether oxygens (including phenoxy) is 1. The Balaban J connectivity index is 1.03. The quantitative estimate of drug-likeness (QED) is 0.313. The number of aromatic nitrogens is 4. The van der Waals surface area contributed by atoms with Gasteiger partial charge in [-0.15, -0.1) is 0 Å². The van der Waals surface area contributed by atoms with Crippen molar-refractivity contribution in [1.29, 1.82) is 0 Å². The first-order chi connectivity index (χ1) is 20.3. The molecule has 0 saturated heterocycles. The summed E-state index contributed by atoms with van der Waals surface area (Å²) in [5.74, 6) is 3.52. The van der Waals surface area contributed by atoms with Crippen LogP contribution in [-0.4, -0.2) is 32.9 Å². The van der Waals surface area contributed by atoms with Crippen LogP contribution in [0, 0.1) is 0 Å². The van der Waals surface area contributed by atoms with Gasteiger partial charge in [0.05, 0.1) is 0 Å². The highest BCUT2D eigenvalue weighted by molar-refractivity contribution is 6.78. The summed E-state index contributed by atoms with van der Waals surface area (Å²) in [5, 5.41) is 0. The van der Waals surface area contributed by atoms with Crippen LogP contribution in [0.2, 0.25) is 0 Å². The molecule has 0 saturated carbocycles. The van der Waals surface area contributed by atoms with E-state index in [1.54, 1.807) is 0 Å². The first-order valence-corrected chi connectivity index (χ1v) is 14.0. The Labute approximate surface area is 237 Å². The molecule has 2 aromatic heterocycles. The molecule has 0 atom stereocenters. The van der Waals surface area contributed by atoms with E-state index >= 15 is 0 Å². The van der Waals surface area contributed by atoms with Crippen LogP contribution in [0.4, 0.5) is 11.4 Å². The van der Waals surface area contributed by atoms with E-state index in [-0.39, 0.29) is 14.0 Å². The highest BCUT2D eigenvalue weighted by Crippen LogP contribution is 2.44. The lowest BCUT2D eigenvalue weighted by Crippen LogP contribution is -2.50. The number of imidazole rings is 2. The summed E-state index contributed by atoms with van der Waals surface area (Å²) in [6.45, 7) is 2.02. The van der Waals surface area contributed by atoms with E-state index in [0.717, 1.165) is 47.4 Å². The van der Waals surface area contributed by atoms with Crippen molar-refractivity contribution in [2.24, 2.45) is 0 Å². The molecule has 9 heteroatoms. The number of benzene rings is 4. The number of anilines is 2. The molecule has 41 heavy (non-hydrogen) atoms. The maximum atomic E-state index is 6.53. The minimum atomic E-state index is 0.132. The Morgan fingerprint density at radius 2 is 1.07 bits per heavy atom. The van der Waals surface area contributed by atoms with Gasteiger partial charge in [-0.25, -0.2) is 9.97 Å². The van der Waals surface area contributed by atoms with Gasteiger partial charge in [0, 0.05) is 60.4 Å². The average molecular weight is 528 g/mol. The molecule has 0 N–H and O–H groups in total. The Morgan fingerprint density at radius 3 is 1.59 bits per heavy atom. The normalized spacial score (nSPS) is 14.9. The number of hydrogen-bond donors (Lipinski definition) is 0. The maximum absolute atomic E-state index is 6.53. The van der Waals surface area contributed by atoms with Crippen LogP contribution in [0.1, 0.15) is 11.1 Å². The zero-order chi connectivity index (χ0) is 26.7. The molecule has 7 nitrogen and oxygen atoms in total. The Morgan fingerprint density at radius 1 is 0.585 bits per heavy atom. The van der Waals surface area contributed by atoms with Crippen LogP contribution in [0.15, 0.2) is 110 Å². The van der Waals surface area contributed by atoms with Gasteiger partial charge in [-0.05, 0) is 58.5 Å². The Hall–Kier alpha value is -5.17. The monoisotopic (exact) mass is 528 g/mol. The van der Waals surface area contributed by atoms with E-state index < -0.39 is 0 Å². The van der Waals surface area contributed by atoms with Crippen molar-refractivity contribution in [2.45, 2.75) is 13.1 Å². The van der Waals surface area contributed by atoms with Gasteiger partial charge in [-0.2, -0.15) is 0 Å². The summed E-state index contributed by atoms with van der Waals surface area (Å²) in [6.07, 6.45) is 7.96. The van der Waals surface area contributed by atoms with Gasteiger partial charge in [-0.3, -0.25) is 0 Å². The Kier molecular flexibility index (Phi) is 4.08. The Bertz CT molecular complexity index is 1900. The van der Waals surface area contributed by atoms with Crippen LogP contribution in [0.3, 0.4) is 0 Å². The van der Waals surface area contributed by atoms with Crippen LogP contribution < -0.4 is 25.3 Å². The van der Waals surface area contributed by atoms with Crippen LogP contribution >= 0.6 is 0 Å². The van der Waals surface area contributed by atoms with Crippen molar-refractivity contribution in [3.63, 3.8) is 0 Å². The third kappa shape index (κ3) is 2.85. The molecule has 0 aliphatic carbocycles. The largest absolute Gasteiger partial charge is 0.457 e. The first kappa shape index (κ1) is 21.6. The standard InChI is InChI=1S/C32H22B2N6O/c1-3-7-27-21(5-1)19-39-29-11-9-23(17-25(29)31-35-13-15-37(31)33(27)39)41-24-10-12-30-26(18-24)32-36-14-16-38(32)34-28-8-4-2-6-22(28)20-40(30)34/h1-18H,19-20H2. The molecule has 4 aromatic carbocycles. The predicted molar refractivity (Wildman–Crippen MR) is 162 cm³/mol. The molecule has 0 radical (unpaired) electrons. The van der Waals surface area contributed by atoms with E-state index in [2.05, 4.69) is 116 Å². The van der Waals surface area contributed by atoms with Crippen molar-refractivity contribution < 1.29 is 4.74 Å². The fourth-order valence-electron chi connectivity index (χ4n) is 7.36. The van der Waals surface area contributed by atoms with Crippen molar-refractivity contribution in [3.05, 3.63) is 121 Å². The predicted octanol–water partition coefficient (Wildman–Crippen LogP) is 4.36. The molecule has 4 aliphatic rings. The highest BCUT2D eigenvalue weighted by atomic mass is 16.5. The second kappa shape index (κ2) is 7.73. The summed E-state index contributed by atoms with van der Waals surface area (Å²) in [6, 6.07) is 30.2. The van der Waals surface area contributed by atoms with Gasteiger partial charge in [0.2, 0.25) is 0 Å². The minimum absolute atomic E-state index is 0.132. The van der Waals surface area contributed by atoms with Gasteiger partial charge in [0.15, 0.2) is 0 Å². The molecule has 6 aromatic rings. The third-order valence-corrected chi connectivity index (χ3v) is 9.08. The summed E-state index contributed by atoms with van der Waals surface area (Å²) in [4.78, 5) is 14.5. The molecule has 0 fully saturated rings. The van der Waals surface area contributed by atoms with E-state index in [1.165, 1.54) is 33.4 Å². The van der Waals surface area contributed by atoms with Crippen LogP contribution in [0.25, 0.3) is 22.8 Å². The second-order valence-electron chi connectivity index (χ2n) is 11.2. The zero-order valence-electron chi connectivity index (χ0n) is 22.1. The van der Waals surface area contributed by atoms with Gasteiger partial charge in [-0.1, -0.05) is 48.5 Å². The molecule has 0 spiro atoms. The van der Waals surface area contributed by atoms with Gasteiger partial charge >= 0.3 is 14.0 Å². The zero-order valence-corrected chi connectivity index (χ0v) is 22.1. The van der Waals surface area contributed by atoms with Crippen molar-refractivity contribution >= 4 is 36.3 Å². The SMILES string of the molecule is c1ccc2c(c1)CN1B2n2ccnc2-c2cc(Oc3ccc4c(c3)-c3nccn3B3c5ccccc5CN34)ccc21. The molecule has 10 rings (SSSR count). The molecule has 0 unspecified atom stereocenters. The minimum Gasteiger partial charge on any atom is -0.457 e. The fourth-order valence-corrected chi connectivity index (χ4v) is 7.36. The molecule has 4 aliphatic heterocycles. The number of hydrogen-bond acceptors (Lipinski definition) is 5. The van der Waals surface area contributed by atoms with E-state index in [9.17, 15) is 0 Å². The third-order valence-electron chi connectivity index (χ3n) is 9.08. The number of rotatable bonds is 2. The summed E-state index contributed by atoms with van der Waals surface area (Å²) in [5.41, 5.74) is 9.95. The fraction of sp³-hybridized carbons (Fsp3) is 0.0625. The van der Waals surface area contributed by atoms with E-state index in [0.29, 0.717) is 0 Å². The highest BCUT2D eigenvalue weighted by Gasteiger charge is 2.44. The molecule has 0 amide bonds. The lowest BCUT2D eigenvalue weighted by Gasteiger charge is -2.33.